The monoisotopic (exact) mass is 299 g/mol. The van der Waals surface area contributed by atoms with Gasteiger partial charge in [-0.2, -0.15) is 0 Å². The number of methoxy groups -OCH3 is 1. The second-order valence-electron chi connectivity index (χ2n) is 4.02. The van der Waals surface area contributed by atoms with Crippen LogP contribution in [0.5, 0.6) is 5.75 Å². The summed E-state index contributed by atoms with van der Waals surface area (Å²) in [5.41, 5.74) is 0.596. The largest absolute Gasteiger partial charge is 0.496 e. The van der Waals surface area contributed by atoms with Crippen LogP contribution in [0.3, 0.4) is 0 Å². The SMILES string of the molecule is CCC(C)N(C)C(=O)c1ccc(Br)cc1OC. The first-order chi connectivity index (χ1) is 8.01. The van der Waals surface area contributed by atoms with E-state index in [2.05, 4.69) is 22.9 Å². The minimum Gasteiger partial charge on any atom is -0.496 e. The van der Waals surface area contributed by atoms with Gasteiger partial charge in [0.05, 0.1) is 12.7 Å². The molecule has 0 fully saturated rings. The smallest absolute Gasteiger partial charge is 0.257 e. The maximum atomic E-state index is 12.3. The number of hydrogen-bond acceptors (Lipinski definition) is 2. The van der Waals surface area contributed by atoms with Gasteiger partial charge in [-0.1, -0.05) is 22.9 Å². The molecule has 0 saturated carbocycles. The lowest BCUT2D eigenvalue weighted by Gasteiger charge is -2.24. The van der Waals surface area contributed by atoms with E-state index in [4.69, 9.17) is 4.74 Å². The summed E-state index contributed by atoms with van der Waals surface area (Å²) in [5.74, 6) is 0.586. The Hall–Kier alpha value is -1.03. The molecular weight excluding hydrogens is 282 g/mol. The van der Waals surface area contributed by atoms with Crippen molar-refractivity contribution in [2.24, 2.45) is 0 Å². The molecule has 17 heavy (non-hydrogen) atoms. The highest BCUT2D eigenvalue weighted by molar-refractivity contribution is 9.10. The molecule has 1 amide bonds. The molecule has 0 heterocycles. The topological polar surface area (TPSA) is 29.5 Å². The number of amides is 1. The molecule has 0 spiro atoms. The van der Waals surface area contributed by atoms with Gasteiger partial charge in [0.15, 0.2) is 0 Å². The van der Waals surface area contributed by atoms with Crippen LogP contribution in [0.1, 0.15) is 30.6 Å². The van der Waals surface area contributed by atoms with E-state index in [9.17, 15) is 4.79 Å². The first-order valence-corrected chi connectivity index (χ1v) is 6.41. The minimum atomic E-state index is -0.0105. The van der Waals surface area contributed by atoms with Crippen LogP contribution < -0.4 is 4.74 Å². The average molecular weight is 300 g/mol. The van der Waals surface area contributed by atoms with Crippen molar-refractivity contribution in [1.82, 2.24) is 4.90 Å². The van der Waals surface area contributed by atoms with Crippen LogP contribution >= 0.6 is 15.9 Å². The maximum absolute atomic E-state index is 12.3. The number of benzene rings is 1. The molecule has 0 aliphatic heterocycles. The van der Waals surface area contributed by atoms with Crippen molar-refractivity contribution in [3.8, 4) is 5.75 Å². The van der Waals surface area contributed by atoms with Crippen LogP contribution in [0.4, 0.5) is 0 Å². The quantitative estimate of drug-likeness (QED) is 0.853. The van der Waals surface area contributed by atoms with Gasteiger partial charge in [-0.3, -0.25) is 4.79 Å². The molecular formula is C13H18BrNO2. The lowest BCUT2D eigenvalue weighted by atomic mass is 10.1. The van der Waals surface area contributed by atoms with E-state index in [1.54, 1.807) is 24.1 Å². The Balaban J connectivity index is 3.03. The molecule has 1 unspecified atom stereocenters. The number of ether oxygens (including phenoxy) is 1. The van der Waals surface area contributed by atoms with Crippen molar-refractivity contribution in [2.45, 2.75) is 26.3 Å². The third kappa shape index (κ3) is 3.22. The van der Waals surface area contributed by atoms with Gasteiger partial charge in [0.1, 0.15) is 5.75 Å². The van der Waals surface area contributed by atoms with Crippen LogP contribution in [-0.2, 0) is 0 Å². The van der Waals surface area contributed by atoms with Gasteiger partial charge in [-0.15, -0.1) is 0 Å². The van der Waals surface area contributed by atoms with Gasteiger partial charge in [0.25, 0.3) is 5.91 Å². The highest BCUT2D eigenvalue weighted by Crippen LogP contribution is 2.25. The fraction of sp³-hybridized carbons (Fsp3) is 0.462. The highest BCUT2D eigenvalue weighted by atomic mass is 79.9. The van der Waals surface area contributed by atoms with Crippen molar-refractivity contribution in [3.63, 3.8) is 0 Å². The first-order valence-electron chi connectivity index (χ1n) is 5.62. The van der Waals surface area contributed by atoms with Gasteiger partial charge in [0, 0.05) is 17.6 Å². The summed E-state index contributed by atoms with van der Waals surface area (Å²) in [6, 6.07) is 5.65. The Kier molecular flexibility index (Phi) is 5.00. The van der Waals surface area contributed by atoms with Gasteiger partial charge >= 0.3 is 0 Å². The number of nitrogens with zero attached hydrogens (tertiary/aromatic N) is 1. The summed E-state index contributed by atoms with van der Waals surface area (Å²) in [6.45, 7) is 4.09. The summed E-state index contributed by atoms with van der Waals surface area (Å²) >= 11 is 3.36. The Morgan fingerprint density at radius 1 is 1.53 bits per heavy atom. The van der Waals surface area contributed by atoms with Gasteiger partial charge < -0.3 is 9.64 Å². The van der Waals surface area contributed by atoms with Crippen molar-refractivity contribution in [3.05, 3.63) is 28.2 Å². The fourth-order valence-electron chi connectivity index (χ4n) is 1.51. The van der Waals surface area contributed by atoms with Gasteiger partial charge in [-0.25, -0.2) is 0 Å². The van der Waals surface area contributed by atoms with Crippen LogP contribution in [0, 0.1) is 0 Å². The van der Waals surface area contributed by atoms with Crippen LogP contribution in [0.15, 0.2) is 22.7 Å². The zero-order valence-electron chi connectivity index (χ0n) is 10.7. The fourth-order valence-corrected chi connectivity index (χ4v) is 1.85. The summed E-state index contributed by atoms with van der Waals surface area (Å²) in [7, 11) is 3.39. The second-order valence-corrected chi connectivity index (χ2v) is 4.93. The second kappa shape index (κ2) is 6.05. The molecule has 0 saturated heterocycles. The highest BCUT2D eigenvalue weighted by Gasteiger charge is 2.19. The Bertz CT molecular complexity index is 406. The predicted molar refractivity (Wildman–Crippen MR) is 72.5 cm³/mol. The van der Waals surface area contributed by atoms with E-state index in [-0.39, 0.29) is 11.9 Å². The number of hydrogen-bond donors (Lipinski definition) is 0. The zero-order chi connectivity index (χ0) is 13.0. The van der Waals surface area contributed by atoms with Gasteiger partial charge in [-0.05, 0) is 31.5 Å². The van der Waals surface area contributed by atoms with E-state index in [1.807, 2.05) is 20.0 Å². The summed E-state index contributed by atoms with van der Waals surface area (Å²) in [6.07, 6.45) is 0.932. The maximum Gasteiger partial charge on any atom is 0.257 e. The lowest BCUT2D eigenvalue weighted by Crippen LogP contribution is -2.34. The molecule has 1 aromatic carbocycles. The minimum absolute atomic E-state index is 0.0105. The van der Waals surface area contributed by atoms with Gasteiger partial charge in [0.2, 0.25) is 0 Å². The molecule has 1 rings (SSSR count). The number of carbonyl (C=O) groups is 1. The Labute approximate surface area is 111 Å². The number of carbonyl (C=O) groups excluding carboxylic acids is 1. The molecule has 94 valence electrons. The summed E-state index contributed by atoms with van der Waals surface area (Å²) in [5, 5.41) is 0. The lowest BCUT2D eigenvalue weighted by molar-refractivity contribution is 0.0737. The van der Waals surface area contributed by atoms with Crippen molar-refractivity contribution >= 4 is 21.8 Å². The van der Waals surface area contributed by atoms with E-state index < -0.39 is 0 Å². The molecule has 3 nitrogen and oxygen atoms in total. The van der Waals surface area contributed by atoms with E-state index in [0.29, 0.717) is 11.3 Å². The predicted octanol–water partition coefficient (Wildman–Crippen LogP) is 3.33. The van der Waals surface area contributed by atoms with Crippen LogP contribution in [-0.4, -0.2) is 31.0 Å². The van der Waals surface area contributed by atoms with E-state index in [0.717, 1.165) is 10.9 Å². The summed E-state index contributed by atoms with van der Waals surface area (Å²) < 4.78 is 6.13. The number of rotatable bonds is 4. The van der Waals surface area contributed by atoms with Crippen LogP contribution in [0.2, 0.25) is 0 Å². The standard InChI is InChI=1S/C13H18BrNO2/c1-5-9(2)15(3)13(16)11-7-6-10(14)8-12(11)17-4/h6-9H,5H2,1-4H3. The van der Waals surface area contributed by atoms with Crippen LogP contribution in [0.25, 0.3) is 0 Å². The van der Waals surface area contributed by atoms with Crippen molar-refractivity contribution < 1.29 is 9.53 Å². The molecule has 0 aliphatic rings. The van der Waals surface area contributed by atoms with Crippen molar-refractivity contribution in [1.29, 1.82) is 0 Å². The molecule has 0 N–H and O–H groups in total. The molecule has 1 aromatic rings. The third-order valence-electron chi connectivity index (χ3n) is 2.97. The molecule has 4 heteroatoms. The first kappa shape index (κ1) is 14.0. The molecule has 1 atom stereocenters. The number of halogens is 1. The Morgan fingerprint density at radius 3 is 2.71 bits per heavy atom. The molecule has 0 aromatic heterocycles. The molecule has 0 radical (unpaired) electrons. The summed E-state index contributed by atoms with van der Waals surface area (Å²) in [4.78, 5) is 14.0. The normalized spacial score (nSPS) is 12.1. The third-order valence-corrected chi connectivity index (χ3v) is 3.46. The average Bonchev–Trinajstić information content (AvgIpc) is 2.35. The Morgan fingerprint density at radius 2 is 2.18 bits per heavy atom. The molecule has 0 aliphatic carbocycles. The molecule has 0 bridgehead atoms. The van der Waals surface area contributed by atoms with E-state index >= 15 is 0 Å². The van der Waals surface area contributed by atoms with E-state index in [1.165, 1.54) is 0 Å². The zero-order valence-corrected chi connectivity index (χ0v) is 12.2. The van der Waals surface area contributed by atoms with Crippen molar-refractivity contribution in [2.75, 3.05) is 14.2 Å².